The van der Waals surface area contributed by atoms with Gasteiger partial charge >= 0.3 is 0 Å². The quantitative estimate of drug-likeness (QED) is 0.184. The first-order chi connectivity index (χ1) is 15.6. The number of ether oxygens (including phenoxy) is 1. The Labute approximate surface area is 194 Å². The second kappa shape index (κ2) is 7.32. The fourth-order valence-corrected chi connectivity index (χ4v) is 5.11. The second-order valence-electron chi connectivity index (χ2n) is 8.23. The summed E-state index contributed by atoms with van der Waals surface area (Å²) in [5.74, 6) is 0.853. The number of hydrogen-bond donors (Lipinski definition) is 0. The highest BCUT2D eigenvalue weighted by atomic mass is 79.9. The lowest BCUT2D eigenvalue weighted by atomic mass is 9.92. The monoisotopic (exact) mass is 477 g/mol. The summed E-state index contributed by atoms with van der Waals surface area (Å²) in [5, 5.41) is 6.97. The summed E-state index contributed by atoms with van der Waals surface area (Å²) in [7, 11) is 1.70. The number of benzene rings is 5. The fraction of sp³-hybridized carbons (Fsp3) is 0.0690. The van der Waals surface area contributed by atoms with E-state index in [0.29, 0.717) is 0 Å². The number of rotatable bonds is 2. The molecule has 6 aromatic rings. The molecule has 0 atom stereocenters. The molecule has 3 heteroatoms. The summed E-state index contributed by atoms with van der Waals surface area (Å²) in [6.07, 6.45) is 0. The minimum absolute atomic E-state index is 0.853. The molecule has 154 valence electrons. The molecule has 6 rings (SSSR count). The third-order valence-electron chi connectivity index (χ3n) is 6.22. The van der Waals surface area contributed by atoms with Crippen molar-refractivity contribution in [2.45, 2.75) is 6.92 Å². The van der Waals surface area contributed by atoms with Gasteiger partial charge in [-0.15, -0.1) is 0 Å². The van der Waals surface area contributed by atoms with Crippen molar-refractivity contribution in [2.75, 3.05) is 7.11 Å². The Morgan fingerprint density at radius 1 is 0.688 bits per heavy atom. The summed E-state index contributed by atoms with van der Waals surface area (Å²) < 4.78 is 6.52. The molecule has 0 N–H and O–H groups in total. The Morgan fingerprint density at radius 3 is 2.03 bits per heavy atom. The minimum Gasteiger partial charge on any atom is -0.497 e. The van der Waals surface area contributed by atoms with Gasteiger partial charge in [-0.2, -0.15) is 0 Å². The molecular formula is C29H20BrNO. The molecule has 5 aromatic carbocycles. The van der Waals surface area contributed by atoms with Crippen molar-refractivity contribution in [2.24, 2.45) is 0 Å². The van der Waals surface area contributed by atoms with Crippen molar-refractivity contribution in [1.29, 1.82) is 0 Å². The second-order valence-corrected chi connectivity index (χ2v) is 9.15. The van der Waals surface area contributed by atoms with Gasteiger partial charge in [0.05, 0.1) is 18.1 Å². The zero-order valence-corrected chi connectivity index (χ0v) is 19.4. The Hall–Kier alpha value is -3.43. The van der Waals surface area contributed by atoms with Crippen LogP contribution in [0.5, 0.6) is 5.75 Å². The zero-order valence-electron chi connectivity index (χ0n) is 17.8. The van der Waals surface area contributed by atoms with Crippen molar-refractivity contribution in [1.82, 2.24) is 4.98 Å². The number of halogens is 1. The van der Waals surface area contributed by atoms with Crippen LogP contribution in [-0.2, 0) is 0 Å². The average Bonchev–Trinajstić information content (AvgIpc) is 2.81. The first-order valence-electron chi connectivity index (χ1n) is 10.6. The number of fused-ring (bicyclic) bond motifs is 6. The fourth-order valence-electron chi connectivity index (χ4n) is 4.71. The molecule has 32 heavy (non-hydrogen) atoms. The molecule has 0 aliphatic carbocycles. The maximum Gasteiger partial charge on any atom is 0.119 e. The van der Waals surface area contributed by atoms with E-state index in [2.05, 4.69) is 102 Å². The highest BCUT2D eigenvalue weighted by Crippen LogP contribution is 2.40. The molecule has 0 unspecified atom stereocenters. The summed E-state index contributed by atoms with van der Waals surface area (Å²) in [6, 6.07) is 30.1. The molecule has 0 fully saturated rings. The average molecular weight is 478 g/mol. The van der Waals surface area contributed by atoms with Gasteiger partial charge in [0.25, 0.3) is 0 Å². The van der Waals surface area contributed by atoms with Gasteiger partial charge in [-0.25, -0.2) is 4.98 Å². The molecule has 2 nitrogen and oxygen atoms in total. The molecule has 1 heterocycles. The van der Waals surface area contributed by atoms with Gasteiger partial charge < -0.3 is 4.74 Å². The van der Waals surface area contributed by atoms with E-state index in [-0.39, 0.29) is 0 Å². The van der Waals surface area contributed by atoms with Crippen LogP contribution in [0.15, 0.2) is 89.4 Å². The van der Waals surface area contributed by atoms with E-state index in [4.69, 9.17) is 9.72 Å². The van der Waals surface area contributed by atoms with Crippen LogP contribution in [0.4, 0.5) is 0 Å². The smallest absolute Gasteiger partial charge is 0.119 e. The first kappa shape index (κ1) is 19.3. The number of methoxy groups -OCH3 is 1. The predicted molar refractivity (Wildman–Crippen MR) is 139 cm³/mol. The summed E-state index contributed by atoms with van der Waals surface area (Å²) in [4.78, 5) is 5.28. The summed E-state index contributed by atoms with van der Waals surface area (Å²) >= 11 is 3.66. The van der Waals surface area contributed by atoms with Crippen LogP contribution in [0.25, 0.3) is 54.5 Å². The predicted octanol–water partition coefficient (Wildman–Crippen LogP) is 8.44. The highest BCUT2D eigenvalue weighted by molar-refractivity contribution is 9.10. The minimum atomic E-state index is 0.853. The molecule has 0 amide bonds. The van der Waals surface area contributed by atoms with Crippen LogP contribution >= 0.6 is 15.9 Å². The first-order valence-corrected chi connectivity index (χ1v) is 11.4. The number of hydrogen-bond acceptors (Lipinski definition) is 2. The topological polar surface area (TPSA) is 22.1 Å². The molecule has 0 radical (unpaired) electrons. The molecule has 0 aliphatic rings. The lowest BCUT2D eigenvalue weighted by Crippen LogP contribution is -1.92. The number of pyridine rings is 1. The van der Waals surface area contributed by atoms with Crippen LogP contribution in [0.1, 0.15) is 5.56 Å². The van der Waals surface area contributed by atoms with E-state index in [9.17, 15) is 0 Å². The van der Waals surface area contributed by atoms with E-state index >= 15 is 0 Å². The van der Waals surface area contributed by atoms with Gasteiger partial charge in [-0.1, -0.05) is 76.1 Å². The Morgan fingerprint density at radius 2 is 1.34 bits per heavy atom. The van der Waals surface area contributed by atoms with E-state index in [1.807, 2.05) is 6.07 Å². The maximum atomic E-state index is 5.45. The Bertz CT molecular complexity index is 1690. The van der Waals surface area contributed by atoms with E-state index in [1.54, 1.807) is 7.11 Å². The van der Waals surface area contributed by atoms with Gasteiger partial charge in [-0.3, -0.25) is 0 Å². The van der Waals surface area contributed by atoms with Crippen LogP contribution < -0.4 is 4.74 Å². The lowest BCUT2D eigenvalue weighted by molar-refractivity contribution is 0.415. The van der Waals surface area contributed by atoms with Gasteiger partial charge in [0.15, 0.2) is 0 Å². The van der Waals surface area contributed by atoms with Crippen LogP contribution in [0.3, 0.4) is 0 Å². The Kier molecular flexibility index (Phi) is 4.41. The SMILES string of the molecule is COc1ccc2c(ccc3c(-c4cccc(Br)c4)c4ccc5cc(C)ccc5c4nc32)c1. The van der Waals surface area contributed by atoms with E-state index in [1.165, 1.54) is 32.8 Å². The normalized spacial score (nSPS) is 11.6. The third-order valence-corrected chi connectivity index (χ3v) is 6.71. The molecular weight excluding hydrogens is 458 g/mol. The van der Waals surface area contributed by atoms with Crippen LogP contribution in [0.2, 0.25) is 0 Å². The molecule has 0 spiro atoms. The molecule has 0 bridgehead atoms. The van der Waals surface area contributed by atoms with Crippen molar-refractivity contribution >= 4 is 59.3 Å². The molecule has 1 aromatic heterocycles. The van der Waals surface area contributed by atoms with E-state index < -0.39 is 0 Å². The van der Waals surface area contributed by atoms with Gasteiger partial charge in [-0.05, 0) is 53.6 Å². The van der Waals surface area contributed by atoms with Crippen molar-refractivity contribution in [3.63, 3.8) is 0 Å². The summed E-state index contributed by atoms with van der Waals surface area (Å²) in [5.41, 5.74) is 5.69. The number of aryl methyl sites for hydroxylation is 1. The summed E-state index contributed by atoms with van der Waals surface area (Å²) in [6.45, 7) is 2.13. The number of aromatic nitrogens is 1. The standard InChI is InChI=1S/C29H20BrNO/c1-17-6-10-23-18(14-17)7-11-25-27(20-4-3-5-21(30)15-20)26-12-8-19-16-22(32-2)9-13-24(19)29(26)31-28(23)25/h3-16H,1-2H3. The van der Waals surface area contributed by atoms with Crippen LogP contribution in [-0.4, -0.2) is 12.1 Å². The third kappa shape index (κ3) is 2.96. The maximum absolute atomic E-state index is 5.45. The molecule has 0 aliphatic heterocycles. The largest absolute Gasteiger partial charge is 0.497 e. The zero-order chi connectivity index (χ0) is 21.8. The number of nitrogens with zero attached hydrogens (tertiary/aromatic N) is 1. The lowest BCUT2D eigenvalue weighted by Gasteiger charge is -2.15. The van der Waals surface area contributed by atoms with E-state index in [0.717, 1.165) is 37.4 Å². The van der Waals surface area contributed by atoms with Gasteiger partial charge in [0.1, 0.15) is 5.75 Å². The van der Waals surface area contributed by atoms with Crippen molar-refractivity contribution < 1.29 is 4.74 Å². The van der Waals surface area contributed by atoms with Crippen molar-refractivity contribution in [3.05, 3.63) is 95.0 Å². The van der Waals surface area contributed by atoms with Gasteiger partial charge in [0, 0.05) is 31.6 Å². The molecule has 0 saturated heterocycles. The van der Waals surface area contributed by atoms with Crippen molar-refractivity contribution in [3.8, 4) is 16.9 Å². The Balaban J connectivity index is 1.85. The van der Waals surface area contributed by atoms with Gasteiger partial charge in [0.2, 0.25) is 0 Å². The van der Waals surface area contributed by atoms with Crippen LogP contribution in [0, 0.1) is 6.92 Å². The highest BCUT2D eigenvalue weighted by Gasteiger charge is 2.16. The molecule has 0 saturated carbocycles.